The molecule has 5 heteroatoms. The lowest BCUT2D eigenvalue weighted by molar-refractivity contribution is -0.147. The fourth-order valence-electron chi connectivity index (χ4n) is 1.49. The van der Waals surface area contributed by atoms with Gasteiger partial charge in [0.25, 0.3) is 0 Å². The van der Waals surface area contributed by atoms with Gasteiger partial charge in [-0.25, -0.2) is 4.79 Å². The summed E-state index contributed by atoms with van der Waals surface area (Å²) in [5, 5.41) is 18.1. The summed E-state index contributed by atoms with van der Waals surface area (Å²) in [6, 6.07) is 4.84. The lowest BCUT2D eigenvalue weighted by Crippen LogP contribution is -2.11. The third-order valence-corrected chi connectivity index (χ3v) is 3.12. The molecule has 17 heavy (non-hydrogen) atoms. The molecule has 0 heterocycles. The van der Waals surface area contributed by atoms with E-state index in [2.05, 4.69) is 0 Å². The molecule has 1 aromatic carbocycles. The van der Waals surface area contributed by atoms with E-state index < -0.39 is 12.1 Å². The monoisotopic (exact) mass is 254 g/mol. The zero-order valence-electron chi connectivity index (χ0n) is 9.64. The van der Waals surface area contributed by atoms with Crippen LogP contribution >= 0.6 is 11.8 Å². The molecule has 0 aromatic heterocycles. The van der Waals surface area contributed by atoms with E-state index in [0.717, 1.165) is 10.5 Å². The first kappa shape index (κ1) is 13.7. The second kappa shape index (κ2) is 5.84. The smallest absolute Gasteiger partial charge is 0.337 e. The van der Waals surface area contributed by atoms with Crippen LogP contribution in [-0.4, -0.2) is 28.2 Å². The van der Waals surface area contributed by atoms with Gasteiger partial charge < -0.3 is 10.2 Å². The van der Waals surface area contributed by atoms with Crippen LogP contribution in [0, 0.1) is 0 Å². The normalized spacial score (nSPS) is 12.2. The van der Waals surface area contributed by atoms with Crippen molar-refractivity contribution in [1.82, 2.24) is 0 Å². The van der Waals surface area contributed by atoms with Crippen LogP contribution < -0.4 is 0 Å². The number of thioether (sulfide) groups is 1. The van der Waals surface area contributed by atoms with Crippen LogP contribution in [0.1, 0.15) is 24.2 Å². The topological polar surface area (TPSA) is 74.6 Å². The van der Waals surface area contributed by atoms with Gasteiger partial charge in [-0.3, -0.25) is 4.79 Å². The summed E-state index contributed by atoms with van der Waals surface area (Å²) >= 11 is 1.42. The highest BCUT2D eigenvalue weighted by molar-refractivity contribution is 7.98. The van der Waals surface area contributed by atoms with Gasteiger partial charge in [-0.15, -0.1) is 11.8 Å². The van der Waals surface area contributed by atoms with E-state index in [1.54, 1.807) is 12.1 Å². The van der Waals surface area contributed by atoms with Crippen molar-refractivity contribution in [3.05, 3.63) is 29.3 Å². The van der Waals surface area contributed by atoms with Crippen LogP contribution in [0.5, 0.6) is 0 Å². The van der Waals surface area contributed by atoms with E-state index in [9.17, 15) is 14.7 Å². The molecule has 0 aliphatic heterocycles. The standard InChI is InChI=1S/C12H14O4S/c1-7(13)5-8-3-4-9(6-10(8)17-2)11(14)12(15)16/h3-4,6,11,14H,5H2,1-2H3,(H,15,16). The van der Waals surface area contributed by atoms with Gasteiger partial charge >= 0.3 is 5.97 Å². The number of rotatable bonds is 5. The molecule has 0 radical (unpaired) electrons. The molecule has 0 saturated heterocycles. The average Bonchev–Trinajstić information content (AvgIpc) is 2.27. The SMILES string of the molecule is CSc1cc(C(O)C(=O)O)ccc1CC(C)=O. The van der Waals surface area contributed by atoms with Crippen molar-refractivity contribution in [2.24, 2.45) is 0 Å². The van der Waals surface area contributed by atoms with Crippen molar-refractivity contribution in [2.75, 3.05) is 6.26 Å². The molecule has 92 valence electrons. The van der Waals surface area contributed by atoms with Crippen molar-refractivity contribution in [2.45, 2.75) is 24.3 Å². The third kappa shape index (κ3) is 3.57. The van der Waals surface area contributed by atoms with Crippen LogP contribution in [0.25, 0.3) is 0 Å². The maximum Gasteiger partial charge on any atom is 0.337 e. The first-order chi connectivity index (χ1) is 7.95. The van der Waals surface area contributed by atoms with Crippen LogP contribution in [0.2, 0.25) is 0 Å². The molecule has 0 spiro atoms. The van der Waals surface area contributed by atoms with Crippen molar-refractivity contribution in [3.8, 4) is 0 Å². The number of benzene rings is 1. The van der Waals surface area contributed by atoms with Crippen LogP contribution in [0.3, 0.4) is 0 Å². The van der Waals surface area contributed by atoms with E-state index in [1.165, 1.54) is 24.8 Å². The Kier molecular flexibility index (Phi) is 4.72. The number of carbonyl (C=O) groups excluding carboxylic acids is 1. The summed E-state index contributed by atoms with van der Waals surface area (Å²) in [4.78, 5) is 22.5. The van der Waals surface area contributed by atoms with E-state index in [1.807, 2.05) is 6.26 Å². The van der Waals surface area contributed by atoms with Gasteiger partial charge in [0.1, 0.15) is 5.78 Å². The number of aliphatic hydroxyl groups is 1. The van der Waals surface area contributed by atoms with Gasteiger partial charge in [0.2, 0.25) is 0 Å². The number of ketones is 1. The first-order valence-electron chi connectivity index (χ1n) is 5.02. The number of hydrogen-bond acceptors (Lipinski definition) is 4. The minimum absolute atomic E-state index is 0.0480. The summed E-state index contributed by atoms with van der Waals surface area (Å²) in [5.41, 5.74) is 1.18. The van der Waals surface area contributed by atoms with Gasteiger partial charge in [0.05, 0.1) is 0 Å². The molecule has 0 fully saturated rings. The molecule has 1 atom stereocenters. The van der Waals surface area contributed by atoms with Crippen LogP contribution in [-0.2, 0) is 16.0 Å². The largest absolute Gasteiger partial charge is 0.479 e. The van der Waals surface area contributed by atoms with Crippen molar-refractivity contribution in [1.29, 1.82) is 0 Å². The molecule has 0 amide bonds. The zero-order valence-corrected chi connectivity index (χ0v) is 10.5. The highest BCUT2D eigenvalue weighted by atomic mass is 32.2. The molecular weight excluding hydrogens is 240 g/mol. The minimum Gasteiger partial charge on any atom is -0.479 e. The van der Waals surface area contributed by atoms with Crippen LogP contribution in [0.15, 0.2) is 23.1 Å². The lowest BCUT2D eigenvalue weighted by atomic mass is 10.0. The number of aliphatic carboxylic acids is 1. The Morgan fingerprint density at radius 1 is 1.41 bits per heavy atom. The molecule has 4 nitrogen and oxygen atoms in total. The lowest BCUT2D eigenvalue weighted by Gasteiger charge is -2.11. The molecule has 1 aromatic rings. The number of Topliss-reactive ketones (excluding diaryl/α,β-unsaturated/α-hetero) is 1. The summed E-state index contributed by atoms with van der Waals surface area (Å²) < 4.78 is 0. The number of hydrogen-bond donors (Lipinski definition) is 2. The van der Waals surface area contributed by atoms with E-state index in [4.69, 9.17) is 5.11 Å². The molecule has 0 aliphatic rings. The summed E-state index contributed by atoms with van der Waals surface area (Å²) in [6.07, 6.45) is 0.641. The average molecular weight is 254 g/mol. The third-order valence-electron chi connectivity index (χ3n) is 2.30. The highest BCUT2D eigenvalue weighted by Crippen LogP contribution is 2.25. The Morgan fingerprint density at radius 2 is 2.06 bits per heavy atom. The van der Waals surface area contributed by atoms with E-state index >= 15 is 0 Å². The second-order valence-electron chi connectivity index (χ2n) is 3.69. The zero-order chi connectivity index (χ0) is 13.0. The maximum absolute atomic E-state index is 11.1. The summed E-state index contributed by atoms with van der Waals surface area (Å²) in [6.45, 7) is 1.50. The number of carbonyl (C=O) groups is 2. The molecule has 0 saturated carbocycles. The summed E-state index contributed by atoms with van der Waals surface area (Å²) in [7, 11) is 0. The predicted molar refractivity (Wildman–Crippen MR) is 65.2 cm³/mol. The quantitative estimate of drug-likeness (QED) is 0.782. The van der Waals surface area contributed by atoms with Gasteiger partial charge in [0, 0.05) is 11.3 Å². The van der Waals surface area contributed by atoms with Crippen molar-refractivity contribution >= 4 is 23.5 Å². The van der Waals surface area contributed by atoms with Gasteiger partial charge in [-0.2, -0.15) is 0 Å². The molecular formula is C12H14O4S. The Morgan fingerprint density at radius 3 is 2.53 bits per heavy atom. The van der Waals surface area contributed by atoms with Gasteiger partial charge in [-0.1, -0.05) is 12.1 Å². The molecule has 0 aliphatic carbocycles. The Hall–Kier alpha value is -1.33. The second-order valence-corrected chi connectivity index (χ2v) is 4.54. The Bertz CT molecular complexity index is 442. The molecule has 2 N–H and O–H groups in total. The first-order valence-corrected chi connectivity index (χ1v) is 6.25. The minimum atomic E-state index is -1.52. The fourth-order valence-corrected chi connectivity index (χ4v) is 2.14. The fraction of sp³-hybridized carbons (Fsp3) is 0.333. The Labute approximate surface area is 104 Å². The molecule has 1 unspecified atom stereocenters. The van der Waals surface area contributed by atoms with Crippen LogP contribution in [0.4, 0.5) is 0 Å². The van der Waals surface area contributed by atoms with Gasteiger partial charge in [-0.05, 0) is 30.4 Å². The number of carboxylic acid groups (broad SMARTS) is 1. The van der Waals surface area contributed by atoms with E-state index in [-0.39, 0.29) is 5.78 Å². The van der Waals surface area contributed by atoms with Gasteiger partial charge in [0.15, 0.2) is 6.10 Å². The number of carboxylic acids is 1. The molecule has 0 bridgehead atoms. The number of aliphatic hydroxyl groups excluding tert-OH is 1. The van der Waals surface area contributed by atoms with E-state index in [0.29, 0.717) is 12.0 Å². The Balaban J connectivity index is 3.07. The van der Waals surface area contributed by atoms with Crippen molar-refractivity contribution < 1.29 is 19.8 Å². The molecule has 1 rings (SSSR count). The highest BCUT2D eigenvalue weighted by Gasteiger charge is 2.17. The predicted octanol–water partition coefficient (Wildman–Crippen LogP) is 1.66. The van der Waals surface area contributed by atoms with Crippen molar-refractivity contribution in [3.63, 3.8) is 0 Å². The summed E-state index contributed by atoms with van der Waals surface area (Å²) in [5.74, 6) is -1.23. The maximum atomic E-state index is 11.1.